The Labute approximate surface area is 173 Å². The Morgan fingerprint density at radius 2 is 1.59 bits per heavy atom. The molecule has 3 rings (SSSR count). The smallest absolute Gasteiger partial charge is 0.234 e. The summed E-state index contributed by atoms with van der Waals surface area (Å²) < 4.78 is 0. The molecule has 154 valence electrons. The average Bonchev–Trinajstić information content (AvgIpc) is 2.73. The summed E-state index contributed by atoms with van der Waals surface area (Å²) in [6, 6.07) is 16.2. The number of nitrogens with zero attached hydrogens (tertiary/aromatic N) is 2. The van der Waals surface area contributed by atoms with Gasteiger partial charge in [0.05, 0.1) is 12.6 Å². The van der Waals surface area contributed by atoms with Crippen LogP contribution in [-0.4, -0.2) is 49.3 Å². The number of nitrogens with one attached hydrogen (secondary N) is 1. The number of benzene rings is 2. The van der Waals surface area contributed by atoms with Crippen LogP contribution >= 0.6 is 0 Å². The molecule has 0 aliphatic carbocycles. The van der Waals surface area contributed by atoms with Crippen LogP contribution in [0.5, 0.6) is 0 Å². The number of amides is 1. The highest BCUT2D eigenvalue weighted by atomic mass is 16.2. The van der Waals surface area contributed by atoms with Gasteiger partial charge in [-0.05, 0) is 50.1 Å². The number of carbonyl (C=O) groups is 2. The van der Waals surface area contributed by atoms with Crippen molar-refractivity contribution >= 4 is 17.4 Å². The second-order valence-corrected chi connectivity index (χ2v) is 7.81. The van der Waals surface area contributed by atoms with E-state index < -0.39 is 0 Å². The van der Waals surface area contributed by atoms with Crippen LogP contribution in [-0.2, 0) is 4.79 Å². The number of carbonyl (C=O) groups excluding carboxylic acids is 2. The van der Waals surface area contributed by atoms with E-state index in [1.807, 2.05) is 24.3 Å². The van der Waals surface area contributed by atoms with Gasteiger partial charge in [-0.2, -0.15) is 0 Å². The predicted octanol–water partition coefficient (Wildman–Crippen LogP) is 3.59. The van der Waals surface area contributed by atoms with Gasteiger partial charge in [-0.15, -0.1) is 0 Å². The lowest BCUT2D eigenvalue weighted by molar-refractivity contribution is -0.123. The fraction of sp³-hybridized carbons (Fsp3) is 0.417. The summed E-state index contributed by atoms with van der Waals surface area (Å²) >= 11 is 0. The standard InChI is InChI=1S/C24H31N3O2/c1-4-23(21-7-5-18(2)6-8-21)25-24(29)17-26-13-15-27(16-14-26)22-11-9-20(10-12-22)19(3)28/h5-12,23H,4,13-17H2,1-3H3,(H,25,29)/t23-/m1/s1. The van der Waals surface area contributed by atoms with Gasteiger partial charge in [0.1, 0.15) is 0 Å². The van der Waals surface area contributed by atoms with Crippen LogP contribution in [0.25, 0.3) is 0 Å². The number of rotatable bonds is 7. The van der Waals surface area contributed by atoms with Crippen molar-refractivity contribution in [3.63, 3.8) is 0 Å². The van der Waals surface area contributed by atoms with Gasteiger partial charge >= 0.3 is 0 Å². The zero-order valence-corrected chi connectivity index (χ0v) is 17.6. The van der Waals surface area contributed by atoms with Crippen molar-refractivity contribution in [2.75, 3.05) is 37.6 Å². The third-order valence-electron chi connectivity index (χ3n) is 5.60. The topological polar surface area (TPSA) is 52.7 Å². The van der Waals surface area contributed by atoms with Crippen molar-refractivity contribution in [2.24, 2.45) is 0 Å². The van der Waals surface area contributed by atoms with Crippen LogP contribution in [0.15, 0.2) is 48.5 Å². The van der Waals surface area contributed by atoms with Crippen LogP contribution < -0.4 is 10.2 Å². The average molecular weight is 394 g/mol. The molecule has 0 bridgehead atoms. The minimum atomic E-state index is 0.0594. The first kappa shape index (κ1) is 21.1. The molecule has 1 amide bonds. The SMILES string of the molecule is CC[C@@H](NC(=O)CN1CCN(c2ccc(C(C)=O)cc2)CC1)c1ccc(C)cc1. The largest absolute Gasteiger partial charge is 0.369 e. The lowest BCUT2D eigenvalue weighted by Gasteiger charge is -2.36. The Bertz CT molecular complexity index is 822. The van der Waals surface area contributed by atoms with Gasteiger partial charge in [0.25, 0.3) is 0 Å². The minimum absolute atomic E-state index is 0.0594. The number of anilines is 1. The van der Waals surface area contributed by atoms with Gasteiger partial charge in [-0.3, -0.25) is 14.5 Å². The molecule has 0 radical (unpaired) electrons. The third-order valence-corrected chi connectivity index (χ3v) is 5.60. The molecule has 1 heterocycles. The molecule has 0 aromatic heterocycles. The van der Waals surface area contributed by atoms with E-state index in [-0.39, 0.29) is 17.7 Å². The first-order valence-corrected chi connectivity index (χ1v) is 10.4. The van der Waals surface area contributed by atoms with E-state index in [0.29, 0.717) is 6.54 Å². The quantitative estimate of drug-likeness (QED) is 0.731. The normalized spacial score (nSPS) is 15.8. The molecule has 1 fully saturated rings. The number of aryl methyl sites for hydroxylation is 1. The van der Waals surface area contributed by atoms with E-state index in [2.05, 4.69) is 53.2 Å². The summed E-state index contributed by atoms with van der Waals surface area (Å²) in [5.41, 5.74) is 4.25. The van der Waals surface area contributed by atoms with Crippen molar-refractivity contribution in [2.45, 2.75) is 33.2 Å². The van der Waals surface area contributed by atoms with Crippen LogP contribution in [0.1, 0.15) is 47.8 Å². The molecule has 0 unspecified atom stereocenters. The summed E-state index contributed by atoms with van der Waals surface area (Å²) in [6.45, 7) is 9.64. The Morgan fingerprint density at radius 1 is 0.966 bits per heavy atom. The predicted molar refractivity (Wildman–Crippen MR) is 117 cm³/mol. The van der Waals surface area contributed by atoms with E-state index in [1.165, 1.54) is 5.56 Å². The highest BCUT2D eigenvalue weighted by Crippen LogP contribution is 2.19. The summed E-state index contributed by atoms with van der Waals surface area (Å²) in [5, 5.41) is 3.18. The molecule has 1 aliphatic heterocycles. The highest BCUT2D eigenvalue weighted by Gasteiger charge is 2.21. The molecule has 5 heteroatoms. The van der Waals surface area contributed by atoms with Crippen molar-refractivity contribution in [1.82, 2.24) is 10.2 Å². The number of Topliss-reactive ketones (excluding diaryl/α,β-unsaturated/α-hetero) is 1. The zero-order chi connectivity index (χ0) is 20.8. The van der Waals surface area contributed by atoms with Crippen molar-refractivity contribution in [3.05, 3.63) is 65.2 Å². The van der Waals surface area contributed by atoms with Crippen LogP contribution in [0, 0.1) is 6.92 Å². The number of piperazine rings is 1. The number of ketones is 1. The molecule has 5 nitrogen and oxygen atoms in total. The van der Waals surface area contributed by atoms with E-state index >= 15 is 0 Å². The molecule has 1 saturated heterocycles. The first-order chi connectivity index (χ1) is 14.0. The van der Waals surface area contributed by atoms with Crippen molar-refractivity contribution in [3.8, 4) is 0 Å². The lowest BCUT2D eigenvalue weighted by atomic mass is 10.0. The molecular weight excluding hydrogens is 362 g/mol. The summed E-state index contributed by atoms with van der Waals surface area (Å²) in [6.07, 6.45) is 0.874. The van der Waals surface area contributed by atoms with Gasteiger partial charge < -0.3 is 10.2 Å². The van der Waals surface area contributed by atoms with Gasteiger partial charge in [-0.1, -0.05) is 36.8 Å². The second-order valence-electron chi connectivity index (χ2n) is 7.81. The number of hydrogen-bond donors (Lipinski definition) is 1. The Hall–Kier alpha value is -2.66. The van der Waals surface area contributed by atoms with Gasteiger partial charge in [-0.25, -0.2) is 0 Å². The highest BCUT2D eigenvalue weighted by molar-refractivity contribution is 5.94. The summed E-state index contributed by atoms with van der Waals surface area (Å²) in [5.74, 6) is 0.167. The Morgan fingerprint density at radius 3 is 2.14 bits per heavy atom. The molecule has 29 heavy (non-hydrogen) atoms. The molecule has 0 saturated carbocycles. The fourth-order valence-electron chi connectivity index (χ4n) is 3.73. The van der Waals surface area contributed by atoms with E-state index in [0.717, 1.165) is 49.4 Å². The summed E-state index contributed by atoms with van der Waals surface area (Å²) in [4.78, 5) is 28.5. The minimum Gasteiger partial charge on any atom is -0.369 e. The summed E-state index contributed by atoms with van der Waals surface area (Å²) in [7, 11) is 0. The van der Waals surface area contributed by atoms with Crippen LogP contribution in [0.2, 0.25) is 0 Å². The third kappa shape index (κ3) is 5.67. The van der Waals surface area contributed by atoms with Gasteiger partial charge in [0, 0.05) is 37.4 Å². The maximum absolute atomic E-state index is 12.6. The molecular formula is C24H31N3O2. The van der Waals surface area contributed by atoms with Crippen molar-refractivity contribution < 1.29 is 9.59 Å². The molecule has 1 atom stereocenters. The molecule has 2 aromatic carbocycles. The number of hydrogen-bond acceptors (Lipinski definition) is 4. The second kappa shape index (κ2) is 9.70. The Kier molecular flexibility index (Phi) is 7.04. The van der Waals surface area contributed by atoms with Crippen LogP contribution in [0.3, 0.4) is 0 Å². The van der Waals surface area contributed by atoms with E-state index in [4.69, 9.17) is 0 Å². The van der Waals surface area contributed by atoms with Crippen LogP contribution in [0.4, 0.5) is 5.69 Å². The maximum Gasteiger partial charge on any atom is 0.234 e. The first-order valence-electron chi connectivity index (χ1n) is 10.4. The lowest BCUT2D eigenvalue weighted by Crippen LogP contribution is -2.49. The molecule has 1 N–H and O–H groups in total. The monoisotopic (exact) mass is 393 g/mol. The maximum atomic E-state index is 12.6. The zero-order valence-electron chi connectivity index (χ0n) is 17.6. The fourth-order valence-corrected chi connectivity index (χ4v) is 3.73. The Balaban J connectivity index is 1.48. The van der Waals surface area contributed by atoms with E-state index in [9.17, 15) is 9.59 Å². The van der Waals surface area contributed by atoms with Gasteiger partial charge in [0.2, 0.25) is 5.91 Å². The van der Waals surface area contributed by atoms with Crippen molar-refractivity contribution in [1.29, 1.82) is 0 Å². The molecule has 0 spiro atoms. The van der Waals surface area contributed by atoms with E-state index in [1.54, 1.807) is 6.92 Å². The van der Waals surface area contributed by atoms with Gasteiger partial charge in [0.15, 0.2) is 5.78 Å². The molecule has 2 aromatic rings. The molecule has 1 aliphatic rings.